The zero-order valence-electron chi connectivity index (χ0n) is 10.9. The predicted molar refractivity (Wildman–Crippen MR) is 80.1 cm³/mol. The topological polar surface area (TPSA) is 89.3 Å². The van der Waals surface area contributed by atoms with E-state index in [2.05, 4.69) is 4.72 Å². The highest BCUT2D eigenvalue weighted by molar-refractivity contribution is 7.92. The minimum absolute atomic E-state index is 0.0413. The van der Waals surface area contributed by atoms with Gasteiger partial charge in [0.1, 0.15) is 0 Å². The smallest absolute Gasteiger partial charge is 0.271 e. The van der Waals surface area contributed by atoms with Crippen molar-refractivity contribution in [2.75, 3.05) is 4.72 Å². The maximum Gasteiger partial charge on any atom is 0.271 e. The fraction of sp³-hybridized carbons (Fsp3) is 0.0769. The SMILES string of the molecule is Cc1cccc(S(=O)(=O)Nc2ccc([N+](=O)[O-])cc2Cl)c1. The van der Waals surface area contributed by atoms with Crippen LogP contribution in [-0.2, 0) is 10.0 Å². The van der Waals surface area contributed by atoms with Gasteiger partial charge >= 0.3 is 0 Å². The van der Waals surface area contributed by atoms with Gasteiger partial charge in [0, 0.05) is 12.1 Å². The molecule has 0 aliphatic carbocycles. The molecule has 6 nitrogen and oxygen atoms in total. The Hall–Kier alpha value is -2.12. The molecule has 0 aromatic heterocycles. The van der Waals surface area contributed by atoms with Crippen LogP contribution >= 0.6 is 11.6 Å². The molecule has 0 heterocycles. The van der Waals surface area contributed by atoms with Gasteiger partial charge in [0.15, 0.2) is 0 Å². The predicted octanol–water partition coefficient (Wildman–Crippen LogP) is 3.36. The minimum Gasteiger partial charge on any atom is -0.278 e. The van der Waals surface area contributed by atoms with E-state index >= 15 is 0 Å². The number of halogens is 1. The summed E-state index contributed by atoms with van der Waals surface area (Å²) in [6.45, 7) is 1.78. The summed E-state index contributed by atoms with van der Waals surface area (Å²) in [4.78, 5) is 10.1. The molecule has 0 spiro atoms. The lowest BCUT2D eigenvalue weighted by Crippen LogP contribution is -2.13. The average Bonchev–Trinajstić information content (AvgIpc) is 2.40. The highest BCUT2D eigenvalue weighted by atomic mass is 35.5. The largest absolute Gasteiger partial charge is 0.278 e. The first kappa shape index (κ1) is 15.3. The molecule has 0 radical (unpaired) electrons. The van der Waals surface area contributed by atoms with E-state index in [1.807, 2.05) is 0 Å². The molecular weight excluding hydrogens is 316 g/mol. The molecule has 0 atom stereocenters. The van der Waals surface area contributed by atoms with E-state index in [1.54, 1.807) is 19.1 Å². The lowest BCUT2D eigenvalue weighted by molar-refractivity contribution is -0.384. The lowest BCUT2D eigenvalue weighted by atomic mass is 10.2. The van der Waals surface area contributed by atoms with Gasteiger partial charge in [-0.05, 0) is 30.7 Å². The van der Waals surface area contributed by atoms with E-state index < -0.39 is 14.9 Å². The Morgan fingerprint density at radius 2 is 1.90 bits per heavy atom. The fourth-order valence-corrected chi connectivity index (χ4v) is 3.15. The van der Waals surface area contributed by atoms with Crippen LogP contribution in [0.4, 0.5) is 11.4 Å². The molecular formula is C13H11ClN2O4S. The van der Waals surface area contributed by atoms with E-state index in [1.165, 1.54) is 24.3 Å². The van der Waals surface area contributed by atoms with Gasteiger partial charge in [0.25, 0.3) is 15.7 Å². The minimum atomic E-state index is -3.80. The van der Waals surface area contributed by atoms with Crippen molar-refractivity contribution in [1.82, 2.24) is 0 Å². The number of nitro groups is 1. The van der Waals surface area contributed by atoms with Gasteiger partial charge in [-0.3, -0.25) is 14.8 Å². The van der Waals surface area contributed by atoms with E-state index in [-0.39, 0.29) is 21.3 Å². The molecule has 0 saturated carbocycles. The number of hydrogen-bond donors (Lipinski definition) is 1. The third-order valence-corrected chi connectivity index (χ3v) is 4.38. The van der Waals surface area contributed by atoms with Crippen LogP contribution in [0.25, 0.3) is 0 Å². The third-order valence-electron chi connectivity index (χ3n) is 2.71. The number of sulfonamides is 1. The number of anilines is 1. The number of rotatable bonds is 4. The molecule has 2 aromatic carbocycles. The van der Waals surface area contributed by atoms with Gasteiger partial charge in [0.2, 0.25) is 0 Å². The second kappa shape index (κ2) is 5.71. The number of aryl methyl sites for hydroxylation is 1. The molecule has 0 bridgehead atoms. The van der Waals surface area contributed by atoms with Crippen LogP contribution in [0.2, 0.25) is 5.02 Å². The number of nitrogens with zero attached hydrogens (tertiary/aromatic N) is 1. The molecule has 110 valence electrons. The summed E-state index contributed by atoms with van der Waals surface area (Å²) < 4.78 is 26.8. The maximum absolute atomic E-state index is 12.2. The van der Waals surface area contributed by atoms with Crippen molar-refractivity contribution in [3.63, 3.8) is 0 Å². The first-order valence-corrected chi connectivity index (χ1v) is 7.69. The molecule has 2 aromatic rings. The summed E-state index contributed by atoms with van der Waals surface area (Å²) in [7, 11) is -3.80. The fourth-order valence-electron chi connectivity index (χ4n) is 1.69. The van der Waals surface area contributed by atoms with Gasteiger partial charge in [-0.25, -0.2) is 8.42 Å². The zero-order chi connectivity index (χ0) is 15.6. The summed E-state index contributed by atoms with van der Waals surface area (Å²) >= 11 is 5.87. The van der Waals surface area contributed by atoms with Crippen LogP contribution in [-0.4, -0.2) is 13.3 Å². The van der Waals surface area contributed by atoms with Crippen molar-refractivity contribution in [2.45, 2.75) is 11.8 Å². The molecule has 0 aliphatic rings. The first-order valence-electron chi connectivity index (χ1n) is 5.83. The average molecular weight is 327 g/mol. The van der Waals surface area contributed by atoms with Crippen molar-refractivity contribution in [3.8, 4) is 0 Å². The van der Waals surface area contributed by atoms with Gasteiger partial charge in [-0.15, -0.1) is 0 Å². The summed E-state index contributed by atoms with van der Waals surface area (Å²) in [5, 5.41) is 10.6. The van der Waals surface area contributed by atoms with Gasteiger partial charge in [-0.1, -0.05) is 23.7 Å². The van der Waals surface area contributed by atoms with Crippen molar-refractivity contribution in [2.24, 2.45) is 0 Å². The Morgan fingerprint density at radius 3 is 2.48 bits per heavy atom. The van der Waals surface area contributed by atoms with Crippen molar-refractivity contribution >= 4 is 33.0 Å². The van der Waals surface area contributed by atoms with E-state index in [0.717, 1.165) is 11.6 Å². The summed E-state index contributed by atoms with van der Waals surface area (Å²) in [6.07, 6.45) is 0. The zero-order valence-corrected chi connectivity index (χ0v) is 12.5. The highest BCUT2D eigenvalue weighted by Crippen LogP contribution is 2.28. The van der Waals surface area contributed by atoms with E-state index in [9.17, 15) is 18.5 Å². The normalized spacial score (nSPS) is 11.1. The molecule has 0 saturated heterocycles. The maximum atomic E-state index is 12.2. The summed E-state index contributed by atoms with van der Waals surface area (Å²) in [5.74, 6) is 0. The van der Waals surface area contributed by atoms with Crippen molar-refractivity contribution < 1.29 is 13.3 Å². The lowest BCUT2D eigenvalue weighted by Gasteiger charge is -2.10. The number of benzene rings is 2. The number of non-ortho nitro benzene ring substituents is 1. The van der Waals surface area contributed by atoms with Gasteiger partial charge in [0.05, 0.1) is 20.5 Å². The van der Waals surface area contributed by atoms with Crippen LogP contribution in [0.3, 0.4) is 0 Å². The Labute approximate surface area is 126 Å². The van der Waals surface area contributed by atoms with Crippen LogP contribution in [0, 0.1) is 17.0 Å². The monoisotopic (exact) mass is 326 g/mol. The number of nitrogens with one attached hydrogen (secondary N) is 1. The second-order valence-corrected chi connectivity index (χ2v) is 6.43. The Bertz CT molecular complexity index is 806. The molecule has 0 fully saturated rings. The number of nitro benzene ring substituents is 1. The quantitative estimate of drug-likeness (QED) is 0.689. The van der Waals surface area contributed by atoms with Crippen LogP contribution in [0.5, 0.6) is 0 Å². The standard InChI is InChI=1S/C13H11ClN2O4S/c1-9-3-2-4-11(7-9)21(19,20)15-13-6-5-10(16(17)18)8-12(13)14/h2-8,15H,1H3. The van der Waals surface area contributed by atoms with Gasteiger partial charge in [-0.2, -0.15) is 0 Å². The molecule has 8 heteroatoms. The molecule has 0 unspecified atom stereocenters. The van der Waals surface area contributed by atoms with E-state index in [0.29, 0.717) is 0 Å². The second-order valence-electron chi connectivity index (χ2n) is 4.34. The van der Waals surface area contributed by atoms with Crippen LogP contribution in [0.15, 0.2) is 47.4 Å². The van der Waals surface area contributed by atoms with Gasteiger partial charge < -0.3 is 0 Å². The molecule has 21 heavy (non-hydrogen) atoms. The first-order chi connectivity index (χ1) is 9.79. The third kappa shape index (κ3) is 3.50. The Kier molecular flexibility index (Phi) is 4.15. The number of hydrogen-bond acceptors (Lipinski definition) is 4. The Morgan fingerprint density at radius 1 is 1.19 bits per heavy atom. The molecule has 2 rings (SSSR count). The van der Waals surface area contributed by atoms with Crippen molar-refractivity contribution in [1.29, 1.82) is 0 Å². The Balaban J connectivity index is 2.35. The molecule has 0 amide bonds. The van der Waals surface area contributed by atoms with Crippen molar-refractivity contribution in [3.05, 3.63) is 63.2 Å². The van der Waals surface area contributed by atoms with E-state index in [4.69, 9.17) is 11.6 Å². The van der Waals surface area contributed by atoms with Crippen LogP contribution < -0.4 is 4.72 Å². The molecule has 1 N–H and O–H groups in total. The van der Waals surface area contributed by atoms with Crippen LogP contribution in [0.1, 0.15) is 5.56 Å². The summed E-state index contributed by atoms with van der Waals surface area (Å²) in [6, 6.07) is 9.90. The molecule has 0 aliphatic heterocycles. The summed E-state index contributed by atoms with van der Waals surface area (Å²) in [5.41, 5.74) is 0.676. The highest BCUT2D eigenvalue weighted by Gasteiger charge is 2.17.